The number of dihydropyridines is 1. The van der Waals surface area contributed by atoms with Crippen LogP contribution in [0.2, 0.25) is 0 Å². The largest absolute Gasteiger partial charge is 0.378 e. The first-order chi connectivity index (χ1) is 8.00. The first-order valence-electron chi connectivity index (χ1n) is 5.72. The highest BCUT2D eigenvalue weighted by Gasteiger charge is 2.35. The van der Waals surface area contributed by atoms with E-state index in [9.17, 15) is 4.79 Å². The van der Waals surface area contributed by atoms with Gasteiger partial charge in [0.05, 0.1) is 19.4 Å². The van der Waals surface area contributed by atoms with Gasteiger partial charge in [-0.1, -0.05) is 6.08 Å². The molecule has 1 fully saturated rings. The minimum absolute atomic E-state index is 0.0300. The molecule has 2 aliphatic rings. The van der Waals surface area contributed by atoms with Gasteiger partial charge < -0.3 is 15.8 Å². The lowest BCUT2D eigenvalue weighted by Gasteiger charge is -2.46. The number of allylic oxidation sites excluding steroid dienone is 2. The third kappa shape index (κ3) is 2.50. The number of morpholine rings is 1. The standard InChI is InChI=1S/C12H18N3O2/c1-12(2)8-17-7-6-15(12)10-5-3-4-9(14-10)11(13)16/h3,5,10,14H,6-8H2,1-2H3,(H2,13,16). The maximum atomic E-state index is 11.1. The summed E-state index contributed by atoms with van der Waals surface area (Å²) in [6, 6.07) is 0. The topological polar surface area (TPSA) is 67.6 Å². The molecule has 2 heterocycles. The molecule has 1 radical (unpaired) electrons. The van der Waals surface area contributed by atoms with Crippen molar-refractivity contribution in [1.29, 1.82) is 0 Å². The zero-order chi connectivity index (χ0) is 12.5. The lowest BCUT2D eigenvalue weighted by molar-refractivity contribution is -0.115. The van der Waals surface area contributed by atoms with Gasteiger partial charge in [0.2, 0.25) is 0 Å². The average molecular weight is 236 g/mol. The molecule has 93 valence electrons. The number of carbonyl (C=O) groups is 1. The smallest absolute Gasteiger partial charge is 0.265 e. The Morgan fingerprint density at radius 3 is 3.12 bits per heavy atom. The van der Waals surface area contributed by atoms with Crippen LogP contribution >= 0.6 is 0 Å². The van der Waals surface area contributed by atoms with Gasteiger partial charge in [0.1, 0.15) is 5.70 Å². The Morgan fingerprint density at radius 2 is 2.47 bits per heavy atom. The Bertz CT molecular complexity index is 374. The molecule has 1 unspecified atom stereocenters. The van der Waals surface area contributed by atoms with E-state index < -0.39 is 5.91 Å². The molecule has 0 aromatic rings. The molecule has 1 amide bonds. The van der Waals surface area contributed by atoms with E-state index in [2.05, 4.69) is 30.1 Å². The number of nitrogens with one attached hydrogen (secondary N) is 1. The van der Waals surface area contributed by atoms with Gasteiger partial charge in [-0.25, -0.2) is 0 Å². The molecule has 0 saturated carbocycles. The van der Waals surface area contributed by atoms with Gasteiger partial charge in [-0.05, 0) is 19.9 Å². The summed E-state index contributed by atoms with van der Waals surface area (Å²) in [5, 5.41) is 3.09. The molecule has 0 aliphatic carbocycles. The zero-order valence-electron chi connectivity index (χ0n) is 10.2. The number of amides is 1. The van der Waals surface area contributed by atoms with E-state index in [0.717, 1.165) is 6.54 Å². The van der Waals surface area contributed by atoms with E-state index in [4.69, 9.17) is 10.5 Å². The maximum absolute atomic E-state index is 11.1. The number of ether oxygens (including phenoxy) is 1. The minimum atomic E-state index is -0.481. The summed E-state index contributed by atoms with van der Waals surface area (Å²) in [5.74, 6) is -0.481. The van der Waals surface area contributed by atoms with Crippen LogP contribution in [0.1, 0.15) is 13.8 Å². The molecule has 2 rings (SSSR count). The Hall–Kier alpha value is -1.33. The van der Waals surface area contributed by atoms with E-state index in [-0.39, 0.29) is 11.7 Å². The fraction of sp³-hybridized carbons (Fsp3) is 0.583. The molecule has 0 spiro atoms. The van der Waals surface area contributed by atoms with Gasteiger partial charge in [0.15, 0.2) is 0 Å². The SMILES string of the molecule is CC1(C)COCCN1C1C=C[C]=C(C(N)=O)N1. The summed E-state index contributed by atoms with van der Waals surface area (Å²) in [6.45, 7) is 6.44. The van der Waals surface area contributed by atoms with Crippen molar-refractivity contribution in [3.63, 3.8) is 0 Å². The van der Waals surface area contributed by atoms with Crippen LogP contribution in [-0.2, 0) is 9.53 Å². The normalized spacial score (nSPS) is 28.4. The number of nitrogens with zero attached hydrogens (tertiary/aromatic N) is 1. The van der Waals surface area contributed by atoms with E-state index in [1.807, 2.05) is 6.08 Å². The number of carbonyl (C=O) groups excluding carboxylic acids is 1. The van der Waals surface area contributed by atoms with Crippen LogP contribution in [0.4, 0.5) is 0 Å². The van der Waals surface area contributed by atoms with Gasteiger partial charge in [0.25, 0.3) is 5.91 Å². The molecule has 0 aromatic heterocycles. The Labute approximate surface area is 101 Å². The maximum Gasteiger partial charge on any atom is 0.265 e. The molecule has 1 atom stereocenters. The monoisotopic (exact) mass is 236 g/mol. The average Bonchev–Trinajstić information content (AvgIpc) is 2.28. The van der Waals surface area contributed by atoms with Gasteiger partial charge in [-0.3, -0.25) is 9.69 Å². The highest BCUT2D eigenvalue weighted by Crippen LogP contribution is 2.22. The third-order valence-corrected chi connectivity index (χ3v) is 3.09. The molecule has 17 heavy (non-hydrogen) atoms. The fourth-order valence-corrected chi connectivity index (χ4v) is 2.17. The Morgan fingerprint density at radius 1 is 1.71 bits per heavy atom. The molecule has 3 N–H and O–H groups in total. The van der Waals surface area contributed by atoms with Crippen LogP contribution in [0.5, 0.6) is 0 Å². The lowest BCUT2D eigenvalue weighted by Crippen LogP contribution is -2.61. The van der Waals surface area contributed by atoms with Crippen LogP contribution in [0.15, 0.2) is 17.8 Å². The number of rotatable bonds is 2. The summed E-state index contributed by atoms with van der Waals surface area (Å²) in [5.41, 5.74) is 5.51. The highest BCUT2D eigenvalue weighted by atomic mass is 16.5. The van der Waals surface area contributed by atoms with E-state index in [0.29, 0.717) is 18.9 Å². The molecular formula is C12H18N3O2. The summed E-state index contributed by atoms with van der Waals surface area (Å²) in [7, 11) is 0. The predicted octanol–water partition coefficient (Wildman–Crippen LogP) is -0.245. The molecule has 2 aliphatic heterocycles. The van der Waals surface area contributed by atoms with Crippen molar-refractivity contribution in [2.24, 2.45) is 5.73 Å². The summed E-state index contributed by atoms with van der Waals surface area (Å²) in [6.07, 6.45) is 6.49. The van der Waals surface area contributed by atoms with Crippen molar-refractivity contribution in [3.05, 3.63) is 23.9 Å². The van der Waals surface area contributed by atoms with Gasteiger partial charge >= 0.3 is 0 Å². The van der Waals surface area contributed by atoms with Crippen molar-refractivity contribution >= 4 is 5.91 Å². The van der Waals surface area contributed by atoms with E-state index >= 15 is 0 Å². The second kappa shape index (κ2) is 4.50. The summed E-state index contributed by atoms with van der Waals surface area (Å²) >= 11 is 0. The lowest BCUT2D eigenvalue weighted by atomic mass is 10.0. The van der Waals surface area contributed by atoms with E-state index in [1.54, 1.807) is 6.08 Å². The first-order valence-corrected chi connectivity index (χ1v) is 5.72. The number of primary amides is 1. The molecule has 0 aromatic carbocycles. The molecule has 1 saturated heterocycles. The zero-order valence-corrected chi connectivity index (χ0v) is 10.2. The van der Waals surface area contributed by atoms with Crippen LogP contribution in [0.25, 0.3) is 0 Å². The van der Waals surface area contributed by atoms with E-state index in [1.165, 1.54) is 0 Å². The van der Waals surface area contributed by atoms with Gasteiger partial charge in [0, 0.05) is 18.2 Å². The number of nitrogens with two attached hydrogens (primary N) is 1. The molecular weight excluding hydrogens is 218 g/mol. The fourth-order valence-electron chi connectivity index (χ4n) is 2.17. The summed E-state index contributed by atoms with van der Waals surface area (Å²) < 4.78 is 5.47. The first kappa shape index (κ1) is 12.1. The van der Waals surface area contributed by atoms with Gasteiger partial charge in [-0.2, -0.15) is 0 Å². The third-order valence-electron chi connectivity index (χ3n) is 3.09. The predicted molar refractivity (Wildman–Crippen MR) is 63.6 cm³/mol. The van der Waals surface area contributed by atoms with Crippen LogP contribution < -0.4 is 11.1 Å². The Kier molecular flexibility index (Phi) is 3.22. The second-order valence-electron chi connectivity index (χ2n) is 4.89. The minimum Gasteiger partial charge on any atom is -0.378 e. The molecule has 5 nitrogen and oxygen atoms in total. The quantitative estimate of drug-likeness (QED) is 0.694. The van der Waals surface area contributed by atoms with Crippen molar-refractivity contribution in [3.8, 4) is 0 Å². The highest BCUT2D eigenvalue weighted by molar-refractivity contribution is 5.91. The van der Waals surface area contributed by atoms with Crippen LogP contribution in [0.3, 0.4) is 0 Å². The van der Waals surface area contributed by atoms with Crippen molar-refractivity contribution in [2.75, 3.05) is 19.8 Å². The van der Waals surface area contributed by atoms with Gasteiger partial charge in [-0.15, -0.1) is 0 Å². The molecule has 5 heteroatoms. The van der Waals surface area contributed by atoms with Crippen molar-refractivity contribution < 1.29 is 9.53 Å². The van der Waals surface area contributed by atoms with Crippen molar-refractivity contribution in [2.45, 2.75) is 25.6 Å². The van der Waals surface area contributed by atoms with Crippen LogP contribution in [-0.4, -0.2) is 42.3 Å². The number of hydrogen-bond donors (Lipinski definition) is 2. The van der Waals surface area contributed by atoms with Crippen LogP contribution in [0, 0.1) is 6.08 Å². The number of hydrogen-bond acceptors (Lipinski definition) is 4. The summed E-state index contributed by atoms with van der Waals surface area (Å²) in [4.78, 5) is 13.4. The Balaban J connectivity index is 2.11. The molecule has 0 bridgehead atoms. The van der Waals surface area contributed by atoms with Crippen molar-refractivity contribution in [1.82, 2.24) is 10.2 Å². The second-order valence-corrected chi connectivity index (χ2v) is 4.89.